The molecule has 0 bridgehead atoms. The standard InChI is InChI=1S/C15H24N2O/c1-11-4-5-12(2)14(8-11)9-17-6-7-18-15(10-17)13(3)16/h4-5,8,13,15H,6-7,9-10,16H2,1-3H3. The first-order valence-electron chi connectivity index (χ1n) is 6.72. The van der Waals surface area contributed by atoms with E-state index in [1.165, 1.54) is 16.7 Å². The Bertz CT molecular complexity index is 403. The molecule has 1 heterocycles. The highest BCUT2D eigenvalue weighted by atomic mass is 16.5. The van der Waals surface area contributed by atoms with Crippen LogP contribution in [-0.2, 0) is 11.3 Å². The first-order chi connectivity index (χ1) is 8.56. The molecule has 0 spiro atoms. The lowest BCUT2D eigenvalue weighted by molar-refractivity contribution is -0.0404. The lowest BCUT2D eigenvalue weighted by Gasteiger charge is -2.35. The Morgan fingerprint density at radius 3 is 2.94 bits per heavy atom. The van der Waals surface area contributed by atoms with Crippen LogP contribution in [0.5, 0.6) is 0 Å². The fraction of sp³-hybridized carbons (Fsp3) is 0.600. The summed E-state index contributed by atoms with van der Waals surface area (Å²) in [7, 11) is 0. The normalized spacial score (nSPS) is 23.0. The second-order valence-electron chi connectivity index (χ2n) is 5.43. The average Bonchev–Trinajstić information content (AvgIpc) is 2.34. The quantitative estimate of drug-likeness (QED) is 0.887. The molecule has 2 unspecified atom stereocenters. The van der Waals surface area contributed by atoms with Crippen LogP contribution in [0.3, 0.4) is 0 Å². The number of nitrogens with zero attached hydrogens (tertiary/aromatic N) is 1. The SMILES string of the molecule is Cc1ccc(C)c(CN2CCOC(C(C)N)C2)c1. The summed E-state index contributed by atoms with van der Waals surface area (Å²) in [5.41, 5.74) is 10.0. The summed E-state index contributed by atoms with van der Waals surface area (Å²) in [6.45, 7) is 10.1. The Hall–Kier alpha value is -0.900. The fourth-order valence-corrected chi connectivity index (χ4v) is 2.40. The fourth-order valence-electron chi connectivity index (χ4n) is 2.40. The molecule has 1 aliphatic heterocycles. The first-order valence-corrected chi connectivity index (χ1v) is 6.72. The summed E-state index contributed by atoms with van der Waals surface area (Å²) in [6.07, 6.45) is 0.170. The van der Waals surface area contributed by atoms with E-state index in [-0.39, 0.29) is 12.1 Å². The van der Waals surface area contributed by atoms with Gasteiger partial charge >= 0.3 is 0 Å². The van der Waals surface area contributed by atoms with Crippen LogP contribution < -0.4 is 5.73 Å². The zero-order valence-corrected chi connectivity index (χ0v) is 11.6. The van der Waals surface area contributed by atoms with Gasteiger partial charge in [-0.15, -0.1) is 0 Å². The van der Waals surface area contributed by atoms with Gasteiger partial charge < -0.3 is 10.5 Å². The molecule has 0 radical (unpaired) electrons. The van der Waals surface area contributed by atoms with Crippen molar-refractivity contribution in [2.45, 2.75) is 39.5 Å². The number of nitrogens with two attached hydrogens (primary N) is 1. The van der Waals surface area contributed by atoms with Gasteiger partial charge in [0.05, 0.1) is 12.7 Å². The van der Waals surface area contributed by atoms with Gasteiger partial charge in [0, 0.05) is 25.7 Å². The largest absolute Gasteiger partial charge is 0.374 e. The van der Waals surface area contributed by atoms with Crippen LogP contribution >= 0.6 is 0 Å². The molecule has 2 atom stereocenters. The maximum Gasteiger partial charge on any atom is 0.0850 e. The average molecular weight is 248 g/mol. The van der Waals surface area contributed by atoms with Crippen LogP contribution in [0, 0.1) is 13.8 Å². The van der Waals surface area contributed by atoms with E-state index in [9.17, 15) is 0 Å². The van der Waals surface area contributed by atoms with Gasteiger partial charge in [0.1, 0.15) is 0 Å². The van der Waals surface area contributed by atoms with E-state index >= 15 is 0 Å². The molecule has 0 amide bonds. The Kier molecular flexibility index (Phi) is 4.38. The van der Waals surface area contributed by atoms with Crippen molar-refractivity contribution < 1.29 is 4.74 Å². The molecule has 18 heavy (non-hydrogen) atoms. The molecule has 0 saturated carbocycles. The van der Waals surface area contributed by atoms with Gasteiger partial charge in [0.2, 0.25) is 0 Å². The smallest absolute Gasteiger partial charge is 0.0850 e. The van der Waals surface area contributed by atoms with Crippen molar-refractivity contribution in [1.29, 1.82) is 0 Å². The van der Waals surface area contributed by atoms with Crippen LogP contribution in [0.1, 0.15) is 23.6 Å². The van der Waals surface area contributed by atoms with Crippen LogP contribution in [0.25, 0.3) is 0 Å². The van der Waals surface area contributed by atoms with E-state index in [1.54, 1.807) is 0 Å². The van der Waals surface area contributed by atoms with Gasteiger partial charge in [-0.25, -0.2) is 0 Å². The molecular weight excluding hydrogens is 224 g/mol. The molecule has 1 fully saturated rings. The number of rotatable bonds is 3. The second-order valence-corrected chi connectivity index (χ2v) is 5.43. The van der Waals surface area contributed by atoms with Gasteiger partial charge in [-0.05, 0) is 31.9 Å². The molecule has 1 aliphatic rings. The summed E-state index contributed by atoms with van der Waals surface area (Å²) < 4.78 is 5.69. The van der Waals surface area contributed by atoms with Gasteiger partial charge in [0.25, 0.3) is 0 Å². The highest BCUT2D eigenvalue weighted by Gasteiger charge is 2.23. The van der Waals surface area contributed by atoms with Gasteiger partial charge in [-0.1, -0.05) is 23.8 Å². The number of aryl methyl sites for hydroxylation is 2. The molecule has 1 aromatic carbocycles. The minimum absolute atomic E-state index is 0.103. The lowest BCUT2D eigenvalue weighted by atomic mass is 10.0. The van der Waals surface area contributed by atoms with Crippen molar-refractivity contribution in [2.75, 3.05) is 19.7 Å². The number of hydrogen-bond acceptors (Lipinski definition) is 3. The minimum Gasteiger partial charge on any atom is -0.374 e. The topological polar surface area (TPSA) is 38.5 Å². The molecule has 100 valence electrons. The van der Waals surface area contributed by atoms with E-state index in [0.29, 0.717) is 0 Å². The zero-order valence-electron chi connectivity index (χ0n) is 11.6. The summed E-state index contributed by atoms with van der Waals surface area (Å²) in [6, 6.07) is 6.76. The molecule has 0 aliphatic carbocycles. The highest BCUT2D eigenvalue weighted by molar-refractivity contribution is 5.30. The number of ether oxygens (including phenoxy) is 1. The number of morpholine rings is 1. The van der Waals surface area contributed by atoms with Crippen LogP contribution in [0.15, 0.2) is 18.2 Å². The summed E-state index contributed by atoms with van der Waals surface area (Å²) in [5, 5.41) is 0. The van der Waals surface area contributed by atoms with Crippen LogP contribution in [-0.4, -0.2) is 36.7 Å². The van der Waals surface area contributed by atoms with E-state index in [0.717, 1.165) is 26.2 Å². The molecule has 1 aromatic rings. The van der Waals surface area contributed by atoms with Crippen molar-refractivity contribution in [3.05, 3.63) is 34.9 Å². The van der Waals surface area contributed by atoms with Crippen molar-refractivity contribution in [3.63, 3.8) is 0 Å². The molecule has 3 nitrogen and oxygen atoms in total. The molecular formula is C15H24N2O. The molecule has 1 saturated heterocycles. The predicted molar refractivity (Wildman–Crippen MR) is 74.6 cm³/mol. The Morgan fingerprint density at radius 1 is 1.44 bits per heavy atom. The third kappa shape index (κ3) is 3.31. The van der Waals surface area contributed by atoms with Crippen LogP contribution in [0.2, 0.25) is 0 Å². The Labute approximate surface area is 110 Å². The molecule has 2 rings (SSSR count). The third-order valence-electron chi connectivity index (χ3n) is 3.66. The maximum absolute atomic E-state index is 5.93. The second kappa shape index (κ2) is 5.83. The lowest BCUT2D eigenvalue weighted by Crippen LogP contribution is -2.49. The molecule has 3 heteroatoms. The molecule has 2 N–H and O–H groups in total. The molecule has 0 aromatic heterocycles. The summed E-state index contributed by atoms with van der Waals surface area (Å²) in [4.78, 5) is 2.44. The van der Waals surface area contributed by atoms with Gasteiger partial charge in [0.15, 0.2) is 0 Å². The summed E-state index contributed by atoms with van der Waals surface area (Å²) in [5.74, 6) is 0. The van der Waals surface area contributed by atoms with Crippen LogP contribution in [0.4, 0.5) is 0 Å². The Balaban J connectivity index is 2.02. The van der Waals surface area contributed by atoms with Crippen molar-refractivity contribution >= 4 is 0 Å². The van der Waals surface area contributed by atoms with Crippen molar-refractivity contribution in [3.8, 4) is 0 Å². The first kappa shape index (κ1) is 13.5. The number of benzene rings is 1. The van der Waals surface area contributed by atoms with E-state index in [2.05, 4.69) is 36.9 Å². The monoisotopic (exact) mass is 248 g/mol. The minimum atomic E-state index is 0.103. The zero-order chi connectivity index (χ0) is 13.1. The third-order valence-corrected chi connectivity index (χ3v) is 3.66. The summed E-state index contributed by atoms with van der Waals surface area (Å²) >= 11 is 0. The number of hydrogen-bond donors (Lipinski definition) is 1. The Morgan fingerprint density at radius 2 is 2.22 bits per heavy atom. The van der Waals surface area contributed by atoms with Gasteiger partial charge in [-0.3, -0.25) is 4.90 Å². The van der Waals surface area contributed by atoms with Crippen molar-refractivity contribution in [2.24, 2.45) is 5.73 Å². The highest BCUT2D eigenvalue weighted by Crippen LogP contribution is 2.16. The van der Waals surface area contributed by atoms with E-state index in [1.807, 2.05) is 6.92 Å². The predicted octanol–water partition coefficient (Wildman–Crippen LogP) is 1.85. The maximum atomic E-state index is 5.93. The van der Waals surface area contributed by atoms with E-state index < -0.39 is 0 Å². The van der Waals surface area contributed by atoms with Crippen molar-refractivity contribution in [1.82, 2.24) is 4.90 Å². The van der Waals surface area contributed by atoms with E-state index in [4.69, 9.17) is 10.5 Å². The van der Waals surface area contributed by atoms with Gasteiger partial charge in [-0.2, -0.15) is 0 Å².